The maximum absolute atomic E-state index is 12.8. The fraction of sp³-hybridized carbons (Fsp3) is 0.200. The lowest BCUT2D eigenvalue weighted by molar-refractivity contribution is -0.117. The number of hydrogen-bond donors (Lipinski definition) is 2. The van der Waals surface area contributed by atoms with Gasteiger partial charge in [0, 0.05) is 28.7 Å². The molecular weight excluding hydrogens is 390 g/mol. The Morgan fingerprint density at radius 2 is 1.48 bits per heavy atom. The van der Waals surface area contributed by atoms with E-state index in [4.69, 9.17) is 4.74 Å². The van der Waals surface area contributed by atoms with Gasteiger partial charge >= 0.3 is 0 Å². The highest BCUT2D eigenvalue weighted by Gasteiger charge is 2.18. The number of carbonyl (C=O) groups excluding carboxylic acids is 2. The van der Waals surface area contributed by atoms with Crippen molar-refractivity contribution in [2.24, 2.45) is 0 Å². The zero-order chi connectivity index (χ0) is 22.2. The molecule has 0 aromatic heterocycles. The van der Waals surface area contributed by atoms with Gasteiger partial charge in [0.25, 0.3) is 5.91 Å². The van der Waals surface area contributed by atoms with Gasteiger partial charge in [0.1, 0.15) is 5.75 Å². The molecule has 0 radical (unpaired) electrons. The summed E-state index contributed by atoms with van der Waals surface area (Å²) in [6.07, 6.45) is 0. The fourth-order valence-electron chi connectivity index (χ4n) is 3.20. The van der Waals surface area contributed by atoms with Crippen LogP contribution in [0.15, 0.2) is 78.9 Å². The molecule has 3 aromatic rings. The lowest BCUT2D eigenvalue weighted by Gasteiger charge is -2.27. The van der Waals surface area contributed by atoms with E-state index in [2.05, 4.69) is 10.6 Å². The van der Waals surface area contributed by atoms with Crippen molar-refractivity contribution in [2.75, 3.05) is 29.2 Å². The van der Waals surface area contributed by atoms with Crippen LogP contribution in [0.5, 0.6) is 5.75 Å². The minimum atomic E-state index is -0.206. The van der Waals surface area contributed by atoms with Gasteiger partial charge in [0.05, 0.1) is 13.7 Å². The predicted molar refractivity (Wildman–Crippen MR) is 125 cm³/mol. The van der Waals surface area contributed by atoms with Gasteiger partial charge < -0.3 is 20.3 Å². The van der Waals surface area contributed by atoms with Gasteiger partial charge in [-0.2, -0.15) is 0 Å². The van der Waals surface area contributed by atoms with Crippen LogP contribution in [0.1, 0.15) is 24.2 Å². The number of anilines is 3. The molecule has 0 saturated carbocycles. The third kappa shape index (κ3) is 5.85. The van der Waals surface area contributed by atoms with Crippen LogP contribution in [0.2, 0.25) is 0 Å². The average Bonchev–Trinajstić information content (AvgIpc) is 2.79. The van der Waals surface area contributed by atoms with Gasteiger partial charge in [-0.1, -0.05) is 18.2 Å². The summed E-state index contributed by atoms with van der Waals surface area (Å²) in [6.45, 7) is 4.13. The highest BCUT2D eigenvalue weighted by Crippen LogP contribution is 2.18. The van der Waals surface area contributed by atoms with Crippen molar-refractivity contribution < 1.29 is 14.3 Å². The van der Waals surface area contributed by atoms with Gasteiger partial charge in [0.2, 0.25) is 5.91 Å². The summed E-state index contributed by atoms with van der Waals surface area (Å²) in [4.78, 5) is 27.0. The molecular formula is C25H27N3O3. The van der Waals surface area contributed by atoms with Crippen LogP contribution in [-0.2, 0) is 4.79 Å². The first-order valence-electron chi connectivity index (χ1n) is 10.1. The maximum Gasteiger partial charge on any atom is 0.255 e. The van der Waals surface area contributed by atoms with E-state index in [0.717, 1.165) is 17.1 Å². The number of benzene rings is 3. The van der Waals surface area contributed by atoms with Crippen molar-refractivity contribution in [2.45, 2.75) is 19.9 Å². The Morgan fingerprint density at radius 1 is 0.871 bits per heavy atom. The second kappa shape index (κ2) is 10.3. The number of ether oxygens (including phenoxy) is 1. The normalized spacial score (nSPS) is 10.5. The molecule has 0 bridgehead atoms. The summed E-state index contributed by atoms with van der Waals surface area (Å²) in [5.74, 6) is 0.497. The van der Waals surface area contributed by atoms with Crippen LogP contribution in [0.4, 0.5) is 17.1 Å². The lowest BCUT2D eigenvalue weighted by Crippen LogP contribution is -2.40. The van der Waals surface area contributed by atoms with Crippen molar-refractivity contribution in [3.8, 4) is 5.75 Å². The van der Waals surface area contributed by atoms with E-state index < -0.39 is 0 Å². The van der Waals surface area contributed by atoms with Crippen molar-refractivity contribution in [1.82, 2.24) is 0 Å². The van der Waals surface area contributed by atoms with Crippen molar-refractivity contribution in [3.63, 3.8) is 0 Å². The smallest absolute Gasteiger partial charge is 0.255 e. The third-order valence-electron chi connectivity index (χ3n) is 4.76. The Labute approximate surface area is 182 Å². The Balaban J connectivity index is 1.58. The van der Waals surface area contributed by atoms with Gasteiger partial charge in [0.15, 0.2) is 0 Å². The second-order valence-corrected chi connectivity index (χ2v) is 7.31. The minimum absolute atomic E-state index is 0.0254. The number of rotatable bonds is 8. The minimum Gasteiger partial charge on any atom is -0.497 e. The molecule has 0 heterocycles. The molecule has 6 heteroatoms. The molecule has 0 unspecified atom stereocenters. The molecule has 0 aliphatic heterocycles. The molecule has 2 amide bonds. The topological polar surface area (TPSA) is 70.7 Å². The number of methoxy groups -OCH3 is 1. The van der Waals surface area contributed by atoms with Crippen LogP contribution < -0.4 is 20.3 Å². The quantitative estimate of drug-likeness (QED) is 0.552. The maximum atomic E-state index is 12.8. The number of nitrogens with zero attached hydrogens (tertiary/aromatic N) is 1. The van der Waals surface area contributed by atoms with E-state index >= 15 is 0 Å². The first kappa shape index (κ1) is 21.9. The predicted octanol–water partition coefficient (Wildman–Crippen LogP) is 4.80. The SMILES string of the molecule is COc1ccc(NC(=O)c2ccc(NCC(=O)N(c3ccccc3)C(C)C)cc2)cc1. The van der Waals surface area contributed by atoms with Crippen LogP contribution in [-0.4, -0.2) is 31.5 Å². The molecule has 2 N–H and O–H groups in total. The van der Waals surface area contributed by atoms with E-state index in [1.807, 2.05) is 44.2 Å². The van der Waals surface area contributed by atoms with Crippen LogP contribution in [0, 0.1) is 0 Å². The van der Waals surface area contributed by atoms with Gasteiger partial charge in [-0.3, -0.25) is 9.59 Å². The molecule has 0 aliphatic rings. The largest absolute Gasteiger partial charge is 0.497 e. The second-order valence-electron chi connectivity index (χ2n) is 7.31. The molecule has 0 aliphatic carbocycles. The van der Waals surface area contributed by atoms with Gasteiger partial charge in [-0.25, -0.2) is 0 Å². The summed E-state index contributed by atoms with van der Waals surface area (Å²) < 4.78 is 5.12. The van der Waals surface area contributed by atoms with Gasteiger partial charge in [-0.05, 0) is 74.5 Å². The van der Waals surface area contributed by atoms with Crippen LogP contribution in [0.3, 0.4) is 0 Å². The summed E-state index contributed by atoms with van der Waals surface area (Å²) in [7, 11) is 1.60. The highest BCUT2D eigenvalue weighted by atomic mass is 16.5. The Morgan fingerprint density at radius 3 is 2.06 bits per heavy atom. The van der Waals surface area contributed by atoms with Crippen molar-refractivity contribution in [1.29, 1.82) is 0 Å². The van der Waals surface area contributed by atoms with E-state index in [1.54, 1.807) is 60.5 Å². The van der Waals surface area contributed by atoms with E-state index in [1.165, 1.54) is 0 Å². The molecule has 0 atom stereocenters. The molecule has 160 valence electrons. The number of para-hydroxylation sites is 1. The monoisotopic (exact) mass is 417 g/mol. The zero-order valence-corrected chi connectivity index (χ0v) is 18.0. The summed E-state index contributed by atoms with van der Waals surface area (Å²) in [5.41, 5.74) is 2.86. The Hall–Kier alpha value is -3.80. The molecule has 0 fully saturated rings. The fourth-order valence-corrected chi connectivity index (χ4v) is 3.20. The van der Waals surface area contributed by atoms with E-state index in [9.17, 15) is 9.59 Å². The molecule has 0 spiro atoms. The van der Waals surface area contributed by atoms with Crippen LogP contribution in [0.25, 0.3) is 0 Å². The Bertz CT molecular complexity index is 1000. The standard InChI is InChI=1S/C25H27N3O3/c1-18(2)28(22-7-5-4-6-8-22)24(29)17-26-20-11-9-19(10-12-20)25(30)27-21-13-15-23(31-3)16-14-21/h4-16,18,26H,17H2,1-3H3,(H,27,30). The first-order valence-corrected chi connectivity index (χ1v) is 10.1. The third-order valence-corrected chi connectivity index (χ3v) is 4.76. The molecule has 3 aromatic carbocycles. The van der Waals surface area contributed by atoms with Crippen LogP contribution >= 0.6 is 0 Å². The van der Waals surface area contributed by atoms with Gasteiger partial charge in [-0.15, -0.1) is 0 Å². The Kier molecular flexibility index (Phi) is 7.27. The molecule has 0 saturated heterocycles. The first-order chi connectivity index (χ1) is 15.0. The summed E-state index contributed by atoms with van der Waals surface area (Å²) >= 11 is 0. The highest BCUT2D eigenvalue weighted by molar-refractivity contribution is 6.04. The number of hydrogen-bond acceptors (Lipinski definition) is 4. The van der Waals surface area contributed by atoms with Crippen molar-refractivity contribution >= 4 is 28.9 Å². The summed E-state index contributed by atoms with van der Waals surface area (Å²) in [6, 6.07) is 23.8. The number of nitrogens with one attached hydrogen (secondary N) is 2. The molecule has 3 rings (SSSR count). The van der Waals surface area contributed by atoms with Crippen molar-refractivity contribution in [3.05, 3.63) is 84.4 Å². The summed E-state index contributed by atoms with van der Waals surface area (Å²) in [5, 5.41) is 5.99. The van der Waals surface area contributed by atoms with E-state index in [0.29, 0.717) is 11.3 Å². The van der Waals surface area contributed by atoms with E-state index in [-0.39, 0.29) is 24.4 Å². The number of carbonyl (C=O) groups is 2. The lowest BCUT2D eigenvalue weighted by atomic mass is 10.2. The average molecular weight is 418 g/mol. The molecule has 31 heavy (non-hydrogen) atoms. The number of amides is 2. The molecule has 6 nitrogen and oxygen atoms in total. The zero-order valence-electron chi connectivity index (χ0n) is 18.0.